The number of aliphatic hydroxyl groups is 1. The van der Waals surface area contributed by atoms with E-state index in [1.165, 1.54) is 18.2 Å². The van der Waals surface area contributed by atoms with Crippen molar-refractivity contribution >= 4 is 5.69 Å². The molecule has 0 fully saturated rings. The van der Waals surface area contributed by atoms with Gasteiger partial charge in [-0.1, -0.05) is 18.2 Å². The van der Waals surface area contributed by atoms with Gasteiger partial charge in [0.05, 0.1) is 6.04 Å². The number of halogens is 2. The maximum absolute atomic E-state index is 13.7. The number of nitrogens with one attached hydrogen (secondary N) is 1. The van der Waals surface area contributed by atoms with Crippen molar-refractivity contribution in [1.82, 2.24) is 0 Å². The third-order valence-electron chi connectivity index (χ3n) is 3.37. The third-order valence-corrected chi connectivity index (χ3v) is 3.37. The summed E-state index contributed by atoms with van der Waals surface area (Å²) in [5.74, 6) is -1.10. The molecule has 0 aliphatic rings. The zero-order chi connectivity index (χ0) is 15.2. The molecule has 0 amide bonds. The number of benzene rings is 2. The monoisotopic (exact) mass is 291 g/mol. The van der Waals surface area contributed by atoms with Crippen molar-refractivity contribution < 1.29 is 13.9 Å². The lowest BCUT2D eigenvalue weighted by atomic mass is 10.1. The lowest BCUT2D eigenvalue weighted by Gasteiger charge is -2.17. The average Bonchev–Trinajstić information content (AvgIpc) is 2.45. The molecule has 2 aromatic rings. The van der Waals surface area contributed by atoms with Gasteiger partial charge in [-0.2, -0.15) is 0 Å². The summed E-state index contributed by atoms with van der Waals surface area (Å²) in [5.41, 5.74) is 1.93. The molecule has 0 radical (unpaired) electrons. The van der Waals surface area contributed by atoms with Crippen LogP contribution in [-0.2, 0) is 6.42 Å². The number of aryl methyl sites for hydroxylation is 1. The first-order valence-electron chi connectivity index (χ1n) is 7.02. The van der Waals surface area contributed by atoms with E-state index in [1.807, 2.05) is 24.3 Å². The maximum Gasteiger partial charge on any atom is 0.131 e. The second-order valence-electron chi connectivity index (χ2n) is 5.03. The fourth-order valence-electron chi connectivity index (χ4n) is 2.35. The molecule has 0 saturated carbocycles. The summed E-state index contributed by atoms with van der Waals surface area (Å²) in [6, 6.07) is 11.1. The van der Waals surface area contributed by atoms with Crippen LogP contribution in [0.2, 0.25) is 0 Å². The van der Waals surface area contributed by atoms with Gasteiger partial charge in [0.25, 0.3) is 0 Å². The fraction of sp³-hybridized carbons (Fsp3) is 0.294. The average molecular weight is 291 g/mol. The van der Waals surface area contributed by atoms with Crippen LogP contribution in [0.3, 0.4) is 0 Å². The molecule has 2 aromatic carbocycles. The van der Waals surface area contributed by atoms with Gasteiger partial charge in [-0.15, -0.1) is 0 Å². The molecule has 4 heteroatoms. The lowest BCUT2D eigenvalue weighted by Crippen LogP contribution is -2.11. The van der Waals surface area contributed by atoms with Crippen LogP contribution in [0.1, 0.15) is 30.5 Å². The molecule has 1 atom stereocenters. The van der Waals surface area contributed by atoms with Crippen molar-refractivity contribution in [1.29, 1.82) is 0 Å². The van der Waals surface area contributed by atoms with E-state index in [0.29, 0.717) is 6.42 Å². The molecule has 112 valence electrons. The predicted molar refractivity (Wildman–Crippen MR) is 80.2 cm³/mol. The van der Waals surface area contributed by atoms with E-state index in [0.717, 1.165) is 17.7 Å². The Hall–Kier alpha value is -1.94. The van der Waals surface area contributed by atoms with Crippen molar-refractivity contribution in [3.63, 3.8) is 0 Å². The van der Waals surface area contributed by atoms with Crippen molar-refractivity contribution in [2.75, 3.05) is 11.9 Å². The summed E-state index contributed by atoms with van der Waals surface area (Å²) in [4.78, 5) is 0. The molecule has 1 unspecified atom stereocenters. The van der Waals surface area contributed by atoms with Gasteiger partial charge in [0.2, 0.25) is 0 Å². The summed E-state index contributed by atoms with van der Waals surface area (Å²) >= 11 is 0. The lowest BCUT2D eigenvalue weighted by molar-refractivity contribution is 0.288. The SMILES string of the molecule is CC(Nc1cccc(CCCO)c1)c1c(F)cccc1F. The molecule has 0 aromatic heterocycles. The highest BCUT2D eigenvalue weighted by molar-refractivity contribution is 5.48. The molecule has 21 heavy (non-hydrogen) atoms. The van der Waals surface area contributed by atoms with Crippen LogP contribution in [0.4, 0.5) is 14.5 Å². The Bertz CT molecular complexity index is 581. The molecule has 2 N–H and O–H groups in total. The molecule has 0 heterocycles. The van der Waals surface area contributed by atoms with E-state index in [4.69, 9.17) is 5.11 Å². The van der Waals surface area contributed by atoms with Crippen molar-refractivity contribution in [3.8, 4) is 0 Å². The van der Waals surface area contributed by atoms with Gasteiger partial charge in [-0.25, -0.2) is 8.78 Å². The molecule has 0 spiro atoms. The van der Waals surface area contributed by atoms with Crippen LogP contribution in [0.25, 0.3) is 0 Å². The van der Waals surface area contributed by atoms with Crippen LogP contribution in [0.15, 0.2) is 42.5 Å². The van der Waals surface area contributed by atoms with Crippen LogP contribution >= 0.6 is 0 Å². The van der Waals surface area contributed by atoms with E-state index >= 15 is 0 Å². The number of aliphatic hydroxyl groups excluding tert-OH is 1. The Kier molecular flexibility index (Phi) is 5.28. The van der Waals surface area contributed by atoms with Crippen molar-refractivity contribution in [2.24, 2.45) is 0 Å². The molecule has 2 rings (SSSR count). The summed E-state index contributed by atoms with van der Waals surface area (Å²) < 4.78 is 27.5. The Morgan fingerprint density at radius 3 is 2.43 bits per heavy atom. The Morgan fingerprint density at radius 2 is 1.76 bits per heavy atom. The van der Waals surface area contributed by atoms with Crippen LogP contribution in [-0.4, -0.2) is 11.7 Å². The minimum absolute atomic E-state index is 0.0401. The molecule has 0 bridgehead atoms. The van der Waals surface area contributed by atoms with E-state index in [-0.39, 0.29) is 12.2 Å². The zero-order valence-corrected chi connectivity index (χ0v) is 11.9. The minimum atomic E-state index is -0.550. The standard InChI is InChI=1S/C17H19F2NO/c1-12(17-15(18)8-3-9-16(17)19)20-14-7-2-5-13(11-14)6-4-10-21/h2-3,5,7-9,11-12,20-21H,4,6,10H2,1H3. The van der Waals surface area contributed by atoms with Gasteiger partial charge >= 0.3 is 0 Å². The molecule has 2 nitrogen and oxygen atoms in total. The number of hydrogen-bond acceptors (Lipinski definition) is 2. The van der Waals surface area contributed by atoms with E-state index in [2.05, 4.69) is 5.32 Å². The molecule has 0 aliphatic carbocycles. The highest BCUT2D eigenvalue weighted by Gasteiger charge is 2.15. The largest absolute Gasteiger partial charge is 0.396 e. The highest BCUT2D eigenvalue weighted by Crippen LogP contribution is 2.24. The van der Waals surface area contributed by atoms with Gasteiger partial charge in [-0.05, 0) is 49.6 Å². The van der Waals surface area contributed by atoms with Crippen LogP contribution in [0.5, 0.6) is 0 Å². The Balaban J connectivity index is 2.14. The maximum atomic E-state index is 13.7. The summed E-state index contributed by atoms with van der Waals surface area (Å²) in [7, 11) is 0. The Labute approximate surface area is 123 Å². The molecule has 0 aliphatic heterocycles. The number of anilines is 1. The fourth-order valence-corrected chi connectivity index (χ4v) is 2.35. The summed E-state index contributed by atoms with van der Waals surface area (Å²) in [6.07, 6.45) is 1.47. The van der Waals surface area contributed by atoms with Gasteiger partial charge in [0.1, 0.15) is 11.6 Å². The minimum Gasteiger partial charge on any atom is -0.396 e. The highest BCUT2D eigenvalue weighted by atomic mass is 19.1. The van der Waals surface area contributed by atoms with Gasteiger partial charge in [0, 0.05) is 17.9 Å². The number of hydrogen-bond donors (Lipinski definition) is 2. The molecular weight excluding hydrogens is 272 g/mol. The van der Waals surface area contributed by atoms with Gasteiger partial charge in [0.15, 0.2) is 0 Å². The zero-order valence-electron chi connectivity index (χ0n) is 11.9. The van der Waals surface area contributed by atoms with E-state index < -0.39 is 17.7 Å². The molecule has 0 saturated heterocycles. The topological polar surface area (TPSA) is 32.3 Å². The number of rotatable bonds is 6. The first kappa shape index (κ1) is 15.4. The smallest absolute Gasteiger partial charge is 0.131 e. The Morgan fingerprint density at radius 1 is 1.10 bits per heavy atom. The van der Waals surface area contributed by atoms with Gasteiger partial charge in [-0.3, -0.25) is 0 Å². The van der Waals surface area contributed by atoms with Crippen molar-refractivity contribution in [2.45, 2.75) is 25.8 Å². The summed E-state index contributed by atoms with van der Waals surface area (Å²) in [5, 5.41) is 12.0. The van der Waals surface area contributed by atoms with Crippen LogP contribution in [0, 0.1) is 11.6 Å². The first-order valence-corrected chi connectivity index (χ1v) is 7.02. The predicted octanol–water partition coefficient (Wildman–Crippen LogP) is 4.06. The quantitative estimate of drug-likeness (QED) is 0.841. The van der Waals surface area contributed by atoms with E-state index in [1.54, 1.807) is 6.92 Å². The second kappa shape index (κ2) is 7.18. The van der Waals surface area contributed by atoms with E-state index in [9.17, 15) is 8.78 Å². The van der Waals surface area contributed by atoms with Crippen LogP contribution < -0.4 is 5.32 Å². The third kappa shape index (κ3) is 4.02. The first-order chi connectivity index (χ1) is 10.1. The normalized spacial score (nSPS) is 12.2. The molecular formula is C17H19F2NO. The second-order valence-corrected chi connectivity index (χ2v) is 5.03. The van der Waals surface area contributed by atoms with Crippen molar-refractivity contribution in [3.05, 3.63) is 65.2 Å². The summed E-state index contributed by atoms with van der Waals surface area (Å²) in [6.45, 7) is 1.87. The van der Waals surface area contributed by atoms with Gasteiger partial charge < -0.3 is 10.4 Å².